The van der Waals surface area contributed by atoms with Gasteiger partial charge in [-0.15, -0.1) is 0 Å². The van der Waals surface area contributed by atoms with Gasteiger partial charge in [0.25, 0.3) is 0 Å². The summed E-state index contributed by atoms with van der Waals surface area (Å²) in [6, 6.07) is 32.6. The zero-order chi connectivity index (χ0) is 26.6. The highest BCUT2D eigenvalue weighted by Gasteiger charge is 2.21. The van der Waals surface area contributed by atoms with Gasteiger partial charge in [-0.05, 0) is 52.9 Å². The Labute approximate surface area is 235 Å². The van der Waals surface area contributed by atoms with Crippen LogP contribution >= 0.6 is 11.6 Å². The highest BCUT2D eigenvalue weighted by Crippen LogP contribution is 2.40. The maximum atomic E-state index is 6.63. The van der Waals surface area contributed by atoms with Gasteiger partial charge in [0.15, 0.2) is 17.5 Å². The van der Waals surface area contributed by atoms with Crippen LogP contribution in [-0.4, -0.2) is 15.0 Å². The average molecular weight is 536 g/mol. The van der Waals surface area contributed by atoms with Crippen LogP contribution in [-0.2, 0) is 6.42 Å². The van der Waals surface area contributed by atoms with E-state index in [9.17, 15) is 0 Å². The molecule has 7 aromatic rings. The molecular formula is C35H22ClN3O. The van der Waals surface area contributed by atoms with Crippen molar-refractivity contribution in [1.29, 1.82) is 0 Å². The van der Waals surface area contributed by atoms with E-state index in [1.54, 1.807) is 0 Å². The molecular weight excluding hydrogens is 514 g/mol. The van der Waals surface area contributed by atoms with Gasteiger partial charge in [-0.3, -0.25) is 0 Å². The van der Waals surface area contributed by atoms with Crippen LogP contribution in [0.3, 0.4) is 0 Å². The van der Waals surface area contributed by atoms with Gasteiger partial charge >= 0.3 is 0 Å². The molecule has 40 heavy (non-hydrogen) atoms. The van der Waals surface area contributed by atoms with E-state index in [0.717, 1.165) is 45.9 Å². The monoisotopic (exact) mass is 535 g/mol. The zero-order valence-corrected chi connectivity index (χ0v) is 22.2. The van der Waals surface area contributed by atoms with Crippen molar-refractivity contribution in [1.82, 2.24) is 15.0 Å². The average Bonchev–Trinajstić information content (AvgIpc) is 3.38. The summed E-state index contributed by atoms with van der Waals surface area (Å²) in [6.07, 6.45) is 6.46. The molecule has 5 heteroatoms. The molecule has 0 spiro atoms. The Bertz CT molecular complexity index is 2130. The van der Waals surface area contributed by atoms with Gasteiger partial charge in [-0.1, -0.05) is 96.5 Å². The van der Waals surface area contributed by atoms with E-state index >= 15 is 0 Å². The lowest BCUT2D eigenvalue weighted by atomic mass is 9.88. The summed E-state index contributed by atoms with van der Waals surface area (Å²) in [4.78, 5) is 15.2. The van der Waals surface area contributed by atoms with Crippen LogP contribution in [0.5, 0.6) is 0 Å². The number of allylic oxidation sites excluding steroid dienone is 1. The fourth-order valence-corrected chi connectivity index (χ4v) is 6.05. The minimum atomic E-state index is 0.560. The van der Waals surface area contributed by atoms with Gasteiger partial charge in [-0.25, -0.2) is 15.0 Å². The third-order valence-electron chi connectivity index (χ3n) is 7.64. The Morgan fingerprint density at radius 1 is 0.650 bits per heavy atom. The summed E-state index contributed by atoms with van der Waals surface area (Å²) in [5, 5.41) is 4.97. The van der Waals surface area contributed by atoms with E-state index < -0.39 is 0 Å². The first-order valence-electron chi connectivity index (χ1n) is 13.4. The Kier molecular flexibility index (Phi) is 5.29. The second-order valence-electron chi connectivity index (χ2n) is 10.1. The fraction of sp³-hybridized carbons (Fsp3) is 0.0571. The zero-order valence-electron chi connectivity index (χ0n) is 21.4. The van der Waals surface area contributed by atoms with Gasteiger partial charge in [-0.2, -0.15) is 0 Å². The standard InChI is InChI=1S/C35H22ClN3O/c36-23-19-29(32-27-16-8-9-17-30(27)40-31(32)20-23)35-38-33(21-10-2-1-3-11-21)37-34(39-35)28-18-22-12-4-5-13-24(22)25-14-6-7-15-26(25)28/h1-5,7-13,15-20H,6,14H2. The summed E-state index contributed by atoms with van der Waals surface area (Å²) in [7, 11) is 0. The highest BCUT2D eigenvalue weighted by atomic mass is 35.5. The fourth-order valence-electron chi connectivity index (χ4n) is 5.84. The first-order valence-corrected chi connectivity index (χ1v) is 13.7. The number of aromatic nitrogens is 3. The molecule has 0 amide bonds. The molecule has 2 aromatic heterocycles. The molecule has 0 atom stereocenters. The number of rotatable bonds is 3. The van der Waals surface area contributed by atoms with E-state index in [2.05, 4.69) is 48.6 Å². The number of aryl methyl sites for hydroxylation is 1. The molecule has 0 bridgehead atoms. The van der Waals surface area contributed by atoms with Crippen LogP contribution in [0, 0.1) is 0 Å². The maximum Gasteiger partial charge on any atom is 0.164 e. The van der Waals surface area contributed by atoms with Crippen LogP contribution in [0.2, 0.25) is 5.02 Å². The lowest BCUT2D eigenvalue weighted by molar-refractivity contribution is 0.669. The first kappa shape index (κ1) is 23.1. The van der Waals surface area contributed by atoms with E-state index in [1.807, 2.05) is 60.7 Å². The molecule has 8 rings (SSSR count). The number of hydrogen-bond donors (Lipinski definition) is 0. The molecule has 1 aliphatic rings. The summed E-state index contributed by atoms with van der Waals surface area (Å²) in [6.45, 7) is 0. The summed E-state index contributed by atoms with van der Waals surface area (Å²) < 4.78 is 6.18. The highest BCUT2D eigenvalue weighted by molar-refractivity contribution is 6.32. The number of fused-ring (bicyclic) bond motifs is 6. The molecule has 2 heterocycles. The predicted octanol–water partition coefficient (Wildman–Crippen LogP) is 9.54. The third kappa shape index (κ3) is 3.72. The van der Waals surface area contributed by atoms with Gasteiger partial charge in [0, 0.05) is 38.6 Å². The molecule has 1 aliphatic carbocycles. The summed E-state index contributed by atoms with van der Waals surface area (Å²) >= 11 is 6.63. The summed E-state index contributed by atoms with van der Waals surface area (Å²) in [5.74, 6) is 1.81. The van der Waals surface area contributed by atoms with Crippen molar-refractivity contribution in [2.75, 3.05) is 0 Å². The molecule has 0 radical (unpaired) electrons. The number of nitrogens with zero attached hydrogens (tertiary/aromatic N) is 3. The molecule has 0 saturated carbocycles. The molecule has 0 fully saturated rings. The molecule has 4 nitrogen and oxygen atoms in total. The van der Waals surface area contributed by atoms with Gasteiger partial charge in [0.1, 0.15) is 11.2 Å². The number of halogens is 1. The van der Waals surface area contributed by atoms with Gasteiger partial charge in [0.2, 0.25) is 0 Å². The predicted molar refractivity (Wildman–Crippen MR) is 163 cm³/mol. The third-order valence-corrected chi connectivity index (χ3v) is 7.86. The lowest BCUT2D eigenvalue weighted by Gasteiger charge is -2.18. The van der Waals surface area contributed by atoms with Crippen molar-refractivity contribution in [2.45, 2.75) is 12.8 Å². The second-order valence-corrected chi connectivity index (χ2v) is 10.5. The van der Waals surface area contributed by atoms with Crippen molar-refractivity contribution in [2.24, 2.45) is 0 Å². The topological polar surface area (TPSA) is 51.8 Å². The number of benzene rings is 5. The molecule has 0 aliphatic heterocycles. The van der Waals surface area contributed by atoms with Crippen molar-refractivity contribution in [3.05, 3.63) is 119 Å². The Morgan fingerprint density at radius 2 is 1.38 bits per heavy atom. The Hall–Kier alpha value is -4.80. The van der Waals surface area contributed by atoms with E-state index in [4.69, 9.17) is 31.0 Å². The Morgan fingerprint density at radius 3 is 2.25 bits per heavy atom. The number of hydrogen-bond acceptors (Lipinski definition) is 4. The van der Waals surface area contributed by atoms with E-state index in [-0.39, 0.29) is 0 Å². The van der Waals surface area contributed by atoms with E-state index in [0.29, 0.717) is 28.1 Å². The minimum absolute atomic E-state index is 0.560. The van der Waals surface area contributed by atoms with Crippen LogP contribution in [0.25, 0.3) is 73.0 Å². The largest absolute Gasteiger partial charge is 0.456 e. The minimum Gasteiger partial charge on any atom is -0.456 e. The number of para-hydroxylation sites is 1. The lowest BCUT2D eigenvalue weighted by Crippen LogP contribution is -2.04. The van der Waals surface area contributed by atoms with Crippen LogP contribution in [0.1, 0.15) is 17.5 Å². The van der Waals surface area contributed by atoms with E-state index in [1.165, 1.54) is 21.9 Å². The van der Waals surface area contributed by atoms with Gasteiger partial charge in [0.05, 0.1) is 0 Å². The Balaban J connectivity index is 1.46. The smallest absolute Gasteiger partial charge is 0.164 e. The van der Waals surface area contributed by atoms with Crippen molar-refractivity contribution < 1.29 is 4.42 Å². The first-order chi connectivity index (χ1) is 19.7. The molecule has 190 valence electrons. The van der Waals surface area contributed by atoms with Crippen molar-refractivity contribution in [3.8, 4) is 34.2 Å². The van der Waals surface area contributed by atoms with Crippen molar-refractivity contribution >= 4 is 50.4 Å². The quantitative estimate of drug-likeness (QED) is 0.226. The van der Waals surface area contributed by atoms with Crippen LogP contribution < -0.4 is 0 Å². The van der Waals surface area contributed by atoms with Crippen molar-refractivity contribution in [3.63, 3.8) is 0 Å². The maximum absolute atomic E-state index is 6.63. The molecule has 0 N–H and O–H groups in total. The summed E-state index contributed by atoms with van der Waals surface area (Å²) in [5.41, 5.74) is 6.76. The molecule has 5 aromatic carbocycles. The molecule has 0 saturated heterocycles. The SMILES string of the molecule is Clc1cc(-c2nc(-c3ccccc3)nc(-c3cc4ccccc4c4c3C=CCC4)n2)c2c(c1)oc1ccccc12. The van der Waals surface area contributed by atoms with Crippen LogP contribution in [0.4, 0.5) is 0 Å². The molecule has 0 unspecified atom stereocenters. The second kappa shape index (κ2) is 9.15. The number of furan rings is 1. The van der Waals surface area contributed by atoms with Crippen LogP contribution in [0.15, 0.2) is 108 Å². The normalized spacial score (nSPS) is 12.8. The van der Waals surface area contributed by atoms with Gasteiger partial charge < -0.3 is 4.42 Å².